The van der Waals surface area contributed by atoms with Crippen molar-refractivity contribution in [1.82, 2.24) is 19.6 Å². The highest BCUT2D eigenvalue weighted by Gasteiger charge is 2.20. The Morgan fingerprint density at radius 1 is 1.35 bits per heavy atom. The van der Waals surface area contributed by atoms with Gasteiger partial charge in [0.1, 0.15) is 0 Å². The van der Waals surface area contributed by atoms with Crippen LogP contribution in [0, 0.1) is 0 Å². The Kier molecular flexibility index (Phi) is 4.14. The zero-order valence-electron chi connectivity index (χ0n) is 9.67. The van der Waals surface area contributed by atoms with E-state index in [1.807, 2.05) is 10.8 Å². The molecule has 0 radical (unpaired) electrons. The van der Waals surface area contributed by atoms with Crippen LogP contribution < -0.4 is 10.0 Å². The molecule has 0 aromatic carbocycles. The zero-order chi connectivity index (χ0) is 12.1. The Morgan fingerprint density at radius 2 is 2.18 bits per heavy atom. The first-order valence-corrected chi connectivity index (χ1v) is 7.47. The third-order valence-electron chi connectivity index (χ3n) is 2.63. The molecule has 1 saturated carbocycles. The number of rotatable bonds is 8. The van der Waals surface area contributed by atoms with Crippen LogP contribution in [0.5, 0.6) is 0 Å². The lowest BCUT2D eigenvalue weighted by Gasteiger charge is -2.07. The van der Waals surface area contributed by atoms with Gasteiger partial charge in [-0.25, -0.2) is 18.1 Å². The molecule has 96 valence electrons. The number of nitrogens with one attached hydrogen (secondary N) is 2. The summed E-state index contributed by atoms with van der Waals surface area (Å²) in [5.41, 5.74) is 0. The third-order valence-corrected chi connectivity index (χ3v) is 4.02. The number of aromatic nitrogens is 2. The van der Waals surface area contributed by atoms with Crippen LogP contribution in [0.25, 0.3) is 0 Å². The third kappa shape index (κ3) is 4.84. The number of hydrogen-bond acceptors (Lipinski definition) is 4. The van der Waals surface area contributed by atoms with E-state index < -0.39 is 10.0 Å². The van der Waals surface area contributed by atoms with Gasteiger partial charge in [-0.3, -0.25) is 0 Å². The summed E-state index contributed by atoms with van der Waals surface area (Å²) in [6, 6.07) is 0.552. The molecule has 6 nitrogen and oxygen atoms in total. The second-order valence-electron chi connectivity index (χ2n) is 4.24. The van der Waals surface area contributed by atoms with Crippen molar-refractivity contribution in [1.29, 1.82) is 0 Å². The summed E-state index contributed by atoms with van der Waals surface area (Å²) in [5, 5.41) is 3.18. The second kappa shape index (κ2) is 5.61. The van der Waals surface area contributed by atoms with Crippen LogP contribution in [0.1, 0.15) is 12.8 Å². The van der Waals surface area contributed by atoms with Crippen molar-refractivity contribution >= 4 is 10.0 Å². The molecule has 0 amide bonds. The van der Waals surface area contributed by atoms with Crippen LogP contribution in [0.4, 0.5) is 0 Å². The van der Waals surface area contributed by atoms with Gasteiger partial charge in [-0.2, -0.15) is 0 Å². The number of nitrogens with zero attached hydrogens (tertiary/aromatic N) is 2. The average Bonchev–Trinajstić information content (AvgIpc) is 2.93. The molecule has 0 atom stereocenters. The molecule has 7 heteroatoms. The van der Waals surface area contributed by atoms with Gasteiger partial charge in [-0.1, -0.05) is 0 Å². The Hall–Kier alpha value is -0.920. The predicted octanol–water partition coefficient (Wildman–Crippen LogP) is -0.445. The molecule has 2 rings (SSSR count). The van der Waals surface area contributed by atoms with Crippen molar-refractivity contribution < 1.29 is 8.42 Å². The Morgan fingerprint density at radius 3 is 2.82 bits per heavy atom. The van der Waals surface area contributed by atoms with Crippen LogP contribution in [0.3, 0.4) is 0 Å². The van der Waals surface area contributed by atoms with Gasteiger partial charge < -0.3 is 9.88 Å². The normalized spacial score (nSPS) is 16.2. The van der Waals surface area contributed by atoms with E-state index in [1.54, 1.807) is 12.5 Å². The molecular weight excluding hydrogens is 240 g/mol. The van der Waals surface area contributed by atoms with Crippen molar-refractivity contribution in [3.8, 4) is 0 Å². The Labute approximate surface area is 101 Å². The molecule has 0 bridgehead atoms. The molecule has 0 aliphatic heterocycles. The lowest BCUT2D eigenvalue weighted by atomic mass is 10.6. The van der Waals surface area contributed by atoms with E-state index in [2.05, 4.69) is 15.0 Å². The predicted molar refractivity (Wildman–Crippen MR) is 65.0 cm³/mol. The monoisotopic (exact) mass is 258 g/mol. The Bertz CT molecular complexity index is 425. The van der Waals surface area contributed by atoms with Crippen LogP contribution in [-0.2, 0) is 16.6 Å². The zero-order valence-corrected chi connectivity index (χ0v) is 10.5. The SMILES string of the molecule is O=S(=O)(CCNC1CC1)NCCn1ccnc1. The van der Waals surface area contributed by atoms with E-state index in [9.17, 15) is 8.42 Å². The lowest BCUT2D eigenvalue weighted by Crippen LogP contribution is -2.34. The molecule has 17 heavy (non-hydrogen) atoms. The fraction of sp³-hybridized carbons (Fsp3) is 0.700. The van der Waals surface area contributed by atoms with Crippen molar-refractivity contribution in [2.45, 2.75) is 25.4 Å². The molecule has 1 heterocycles. The van der Waals surface area contributed by atoms with E-state index in [-0.39, 0.29) is 5.75 Å². The summed E-state index contributed by atoms with van der Waals surface area (Å²) in [6.07, 6.45) is 7.50. The lowest BCUT2D eigenvalue weighted by molar-refractivity contribution is 0.568. The first kappa shape index (κ1) is 12.5. The quantitative estimate of drug-likeness (QED) is 0.662. The molecule has 1 aliphatic rings. The molecule has 1 aliphatic carbocycles. The number of imidazole rings is 1. The minimum atomic E-state index is -3.15. The van der Waals surface area contributed by atoms with Gasteiger partial charge in [0.2, 0.25) is 10.0 Å². The molecule has 1 aromatic heterocycles. The van der Waals surface area contributed by atoms with Crippen LogP contribution in [0.15, 0.2) is 18.7 Å². The molecule has 2 N–H and O–H groups in total. The van der Waals surface area contributed by atoms with Gasteiger partial charge in [0.25, 0.3) is 0 Å². The van der Waals surface area contributed by atoms with E-state index in [0.29, 0.717) is 25.7 Å². The maximum absolute atomic E-state index is 11.6. The maximum atomic E-state index is 11.6. The molecule has 0 saturated heterocycles. The highest BCUT2D eigenvalue weighted by molar-refractivity contribution is 7.89. The summed E-state index contributed by atoms with van der Waals surface area (Å²) >= 11 is 0. The largest absolute Gasteiger partial charge is 0.336 e. The number of sulfonamides is 1. The van der Waals surface area contributed by atoms with Gasteiger partial charge in [0, 0.05) is 38.1 Å². The fourth-order valence-corrected chi connectivity index (χ4v) is 2.44. The minimum absolute atomic E-state index is 0.146. The highest BCUT2D eigenvalue weighted by Crippen LogP contribution is 2.17. The fourth-order valence-electron chi connectivity index (χ4n) is 1.51. The molecular formula is C10H18N4O2S. The minimum Gasteiger partial charge on any atom is -0.336 e. The van der Waals surface area contributed by atoms with E-state index in [1.165, 1.54) is 12.8 Å². The van der Waals surface area contributed by atoms with Crippen molar-refractivity contribution in [2.24, 2.45) is 0 Å². The summed E-state index contributed by atoms with van der Waals surface area (Å²) in [5.74, 6) is 0.146. The summed E-state index contributed by atoms with van der Waals surface area (Å²) < 4.78 is 27.6. The molecule has 1 aromatic rings. The van der Waals surface area contributed by atoms with Crippen LogP contribution >= 0.6 is 0 Å². The average molecular weight is 258 g/mol. The second-order valence-corrected chi connectivity index (χ2v) is 6.17. The standard InChI is InChI=1S/C10H18N4O2S/c15-17(16,8-5-12-10-1-2-10)13-4-7-14-6-3-11-9-14/h3,6,9-10,12-13H,1-2,4-5,7-8H2. The van der Waals surface area contributed by atoms with Crippen LogP contribution in [0.2, 0.25) is 0 Å². The first-order valence-electron chi connectivity index (χ1n) is 5.82. The van der Waals surface area contributed by atoms with E-state index in [4.69, 9.17) is 0 Å². The van der Waals surface area contributed by atoms with Crippen molar-refractivity contribution in [2.75, 3.05) is 18.8 Å². The maximum Gasteiger partial charge on any atom is 0.212 e. The van der Waals surface area contributed by atoms with Crippen molar-refractivity contribution in [3.05, 3.63) is 18.7 Å². The topological polar surface area (TPSA) is 76.0 Å². The van der Waals surface area contributed by atoms with Gasteiger partial charge in [0.05, 0.1) is 12.1 Å². The molecule has 0 spiro atoms. The Balaban J connectivity index is 1.62. The van der Waals surface area contributed by atoms with Gasteiger partial charge >= 0.3 is 0 Å². The highest BCUT2D eigenvalue weighted by atomic mass is 32.2. The van der Waals surface area contributed by atoms with E-state index >= 15 is 0 Å². The van der Waals surface area contributed by atoms with Gasteiger partial charge in [0.15, 0.2) is 0 Å². The van der Waals surface area contributed by atoms with Crippen molar-refractivity contribution in [3.63, 3.8) is 0 Å². The summed E-state index contributed by atoms with van der Waals surface area (Å²) in [7, 11) is -3.15. The van der Waals surface area contributed by atoms with E-state index in [0.717, 1.165) is 0 Å². The first-order chi connectivity index (χ1) is 8.16. The summed E-state index contributed by atoms with van der Waals surface area (Å²) in [4.78, 5) is 3.89. The molecule has 0 unspecified atom stereocenters. The van der Waals surface area contributed by atoms with Gasteiger partial charge in [-0.05, 0) is 12.8 Å². The number of hydrogen-bond donors (Lipinski definition) is 2. The van der Waals surface area contributed by atoms with Crippen LogP contribution in [-0.4, -0.2) is 42.9 Å². The van der Waals surface area contributed by atoms with Gasteiger partial charge in [-0.15, -0.1) is 0 Å². The smallest absolute Gasteiger partial charge is 0.212 e. The summed E-state index contributed by atoms with van der Waals surface area (Å²) in [6.45, 7) is 1.54. The molecule has 1 fully saturated rings.